The molecule has 4 heteroatoms. The Morgan fingerprint density at radius 2 is 2.15 bits per heavy atom. The molecule has 0 bridgehead atoms. The average Bonchev–Trinajstić information content (AvgIpc) is 2.75. The lowest BCUT2D eigenvalue weighted by Crippen LogP contribution is -2.52. The van der Waals surface area contributed by atoms with E-state index in [1.165, 1.54) is 5.56 Å². The first-order chi connectivity index (χ1) is 9.65. The zero-order chi connectivity index (χ0) is 14.2. The van der Waals surface area contributed by atoms with Crippen molar-refractivity contribution in [3.8, 4) is 0 Å². The maximum absolute atomic E-state index is 6.43. The predicted molar refractivity (Wildman–Crippen MR) is 82.6 cm³/mol. The normalized spacial score (nSPS) is 33.3. The van der Waals surface area contributed by atoms with Crippen LogP contribution in [0.15, 0.2) is 30.3 Å². The maximum Gasteiger partial charge on any atom is 0.140 e. The Morgan fingerprint density at radius 3 is 2.85 bits per heavy atom. The third-order valence-corrected chi connectivity index (χ3v) is 4.74. The zero-order valence-corrected chi connectivity index (χ0v) is 12.9. The van der Waals surface area contributed by atoms with Gasteiger partial charge in [0.25, 0.3) is 0 Å². The first-order valence-corrected chi connectivity index (χ1v) is 7.60. The summed E-state index contributed by atoms with van der Waals surface area (Å²) in [6.45, 7) is 2.79. The van der Waals surface area contributed by atoms with Crippen LogP contribution in [0.3, 0.4) is 0 Å². The van der Waals surface area contributed by atoms with Crippen LogP contribution in [0.4, 0.5) is 0 Å². The van der Waals surface area contributed by atoms with Crippen molar-refractivity contribution in [3.05, 3.63) is 35.9 Å². The van der Waals surface area contributed by atoms with Gasteiger partial charge in [-0.1, -0.05) is 42.5 Å². The molecule has 2 saturated heterocycles. The van der Waals surface area contributed by atoms with Crippen molar-refractivity contribution in [2.24, 2.45) is 0 Å². The fourth-order valence-corrected chi connectivity index (χ4v) is 3.95. The van der Waals surface area contributed by atoms with Crippen LogP contribution in [0.25, 0.3) is 0 Å². The average molecular weight is 291 g/mol. The second-order valence-electron chi connectivity index (χ2n) is 5.76. The van der Waals surface area contributed by atoms with Gasteiger partial charge in [0.15, 0.2) is 0 Å². The number of ether oxygens (including phenoxy) is 2. The number of nitrogens with zero attached hydrogens (tertiary/aromatic N) is 1. The number of piperidine rings is 1. The largest absolute Gasteiger partial charge is 0.382 e. The van der Waals surface area contributed by atoms with Crippen molar-refractivity contribution in [2.45, 2.75) is 44.1 Å². The van der Waals surface area contributed by atoms with Gasteiger partial charge in [-0.25, -0.2) is 0 Å². The van der Waals surface area contributed by atoms with Gasteiger partial charge in [0.2, 0.25) is 0 Å². The minimum absolute atomic E-state index is 0.0252. The molecule has 0 aliphatic carbocycles. The van der Waals surface area contributed by atoms with Gasteiger partial charge in [0.1, 0.15) is 11.8 Å². The van der Waals surface area contributed by atoms with Crippen LogP contribution in [-0.2, 0) is 9.47 Å². The minimum atomic E-state index is -0.279. The van der Waals surface area contributed by atoms with Crippen molar-refractivity contribution >= 4 is 17.2 Å². The summed E-state index contributed by atoms with van der Waals surface area (Å²) in [5.41, 5.74) is 0.923. The van der Waals surface area contributed by atoms with Gasteiger partial charge in [-0.15, -0.1) is 0 Å². The third kappa shape index (κ3) is 2.26. The summed E-state index contributed by atoms with van der Waals surface area (Å²) in [4.78, 5) is 3.30. The van der Waals surface area contributed by atoms with Crippen molar-refractivity contribution in [3.63, 3.8) is 0 Å². The molecular weight excluding hydrogens is 270 g/mol. The molecule has 108 valence electrons. The van der Waals surface area contributed by atoms with E-state index < -0.39 is 0 Å². The highest BCUT2D eigenvalue weighted by Gasteiger charge is 2.52. The molecule has 20 heavy (non-hydrogen) atoms. The van der Waals surface area contributed by atoms with E-state index in [9.17, 15) is 0 Å². The van der Waals surface area contributed by atoms with Gasteiger partial charge in [0, 0.05) is 7.11 Å². The highest BCUT2D eigenvalue weighted by molar-refractivity contribution is 7.80. The predicted octanol–water partition coefficient (Wildman–Crippen LogP) is 3.30. The standard InChI is InChI=1S/C16H21NO2S/c1-16-10-6-9-14(20)17(16)13(11-18-2)15(19-16)12-7-4-3-5-8-12/h3-5,7-8,13,15H,6,9-11H2,1-2H3/t13-,15-,16+/m0/s1. The molecule has 1 aromatic carbocycles. The third-order valence-electron chi connectivity index (χ3n) is 4.34. The van der Waals surface area contributed by atoms with E-state index >= 15 is 0 Å². The molecule has 0 radical (unpaired) electrons. The first-order valence-electron chi connectivity index (χ1n) is 7.19. The second kappa shape index (κ2) is 5.43. The van der Waals surface area contributed by atoms with Crippen molar-refractivity contribution < 1.29 is 9.47 Å². The van der Waals surface area contributed by atoms with Gasteiger partial charge >= 0.3 is 0 Å². The van der Waals surface area contributed by atoms with E-state index in [1.54, 1.807) is 7.11 Å². The lowest BCUT2D eigenvalue weighted by Gasteiger charge is -2.41. The lowest BCUT2D eigenvalue weighted by atomic mass is 9.97. The molecular formula is C16H21NO2S. The van der Waals surface area contributed by atoms with Gasteiger partial charge in [0.05, 0.1) is 17.6 Å². The Kier molecular flexibility index (Phi) is 3.80. The number of methoxy groups -OCH3 is 1. The number of thiocarbonyl (C=S) groups is 1. The molecule has 2 heterocycles. The van der Waals surface area contributed by atoms with E-state index in [-0.39, 0.29) is 17.9 Å². The van der Waals surface area contributed by atoms with E-state index in [0.29, 0.717) is 6.61 Å². The quantitative estimate of drug-likeness (QED) is 0.797. The Morgan fingerprint density at radius 1 is 1.40 bits per heavy atom. The molecule has 0 aromatic heterocycles. The first kappa shape index (κ1) is 14.0. The van der Waals surface area contributed by atoms with Crippen LogP contribution in [0.5, 0.6) is 0 Å². The zero-order valence-electron chi connectivity index (χ0n) is 12.0. The summed E-state index contributed by atoms with van der Waals surface area (Å²) in [5.74, 6) is 0. The second-order valence-corrected chi connectivity index (χ2v) is 6.24. The Balaban J connectivity index is 1.97. The van der Waals surface area contributed by atoms with Gasteiger partial charge in [-0.05, 0) is 31.7 Å². The van der Waals surface area contributed by atoms with E-state index in [0.717, 1.165) is 24.3 Å². The highest BCUT2D eigenvalue weighted by Crippen LogP contribution is 2.46. The van der Waals surface area contributed by atoms with Gasteiger partial charge in [-0.3, -0.25) is 0 Å². The molecule has 0 unspecified atom stereocenters. The molecule has 0 spiro atoms. The number of hydrogen-bond donors (Lipinski definition) is 0. The summed E-state index contributed by atoms with van der Waals surface area (Å²) >= 11 is 5.60. The Labute approximate surface area is 125 Å². The minimum Gasteiger partial charge on any atom is -0.382 e. The van der Waals surface area contributed by atoms with E-state index in [4.69, 9.17) is 21.7 Å². The number of hydrogen-bond acceptors (Lipinski definition) is 3. The molecule has 3 nitrogen and oxygen atoms in total. The van der Waals surface area contributed by atoms with Crippen molar-refractivity contribution in [1.29, 1.82) is 0 Å². The van der Waals surface area contributed by atoms with Crippen LogP contribution >= 0.6 is 12.2 Å². The van der Waals surface area contributed by atoms with E-state index in [2.05, 4.69) is 36.1 Å². The fraction of sp³-hybridized carbons (Fsp3) is 0.562. The summed E-state index contributed by atoms with van der Waals surface area (Å²) in [5, 5.41) is 0. The van der Waals surface area contributed by atoms with Crippen molar-refractivity contribution in [1.82, 2.24) is 4.90 Å². The van der Waals surface area contributed by atoms with E-state index in [1.807, 2.05) is 6.07 Å². The number of benzene rings is 1. The van der Waals surface area contributed by atoms with Gasteiger partial charge in [-0.2, -0.15) is 0 Å². The van der Waals surface area contributed by atoms with Crippen molar-refractivity contribution in [2.75, 3.05) is 13.7 Å². The number of rotatable bonds is 3. The molecule has 1 aromatic rings. The summed E-state index contributed by atoms with van der Waals surface area (Å²) < 4.78 is 11.9. The summed E-state index contributed by atoms with van der Waals surface area (Å²) in [6, 6.07) is 10.6. The molecule has 2 fully saturated rings. The molecule has 2 aliphatic rings. The molecule has 0 N–H and O–H groups in total. The summed E-state index contributed by atoms with van der Waals surface area (Å²) in [7, 11) is 1.74. The van der Waals surface area contributed by atoms with Crippen LogP contribution in [0.2, 0.25) is 0 Å². The van der Waals surface area contributed by atoms with Gasteiger partial charge < -0.3 is 14.4 Å². The molecule has 2 aliphatic heterocycles. The summed E-state index contributed by atoms with van der Waals surface area (Å²) in [6.07, 6.45) is 3.14. The monoisotopic (exact) mass is 291 g/mol. The molecule has 3 rings (SSSR count). The lowest BCUT2D eigenvalue weighted by molar-refractivity contribution is -0.0816. The molecule has 3 atom stereocenters. The maximum atomic E-state index is 6.43. The van der Waals surface area contributed by atoms with Crippen LogP contribution < -0.4 is 0 Å². The SMILES string of the molecule is COC[C@H]1[C@H](c2ccccc2)O[C@]2(C)CCCC(=S)N12. The Hall–Kier alpha value is -0.970. The van der Waals surface area contributed by atoms with Crippen LogP contribution in [-0.4, -0.2) is 35.4 Å². The highest BCUT2D eigenvalue weighted by atomic mass is 32.1. The molecule has 0 saturated carbocycles. The topological polar surface area (TPSA) is 21.7 Å². The molecule has 0 amide bonds. The van der Waals surface area contributed by atoms with Crippen LogP contribution in [0.1, 0.15) is 37.9 Å². The number of fused-ring (bicyclic) bond motifs is 1. The smallest absolute Gasteiger partial charge is 0.140 e. The Bertz CT molecular complexity index is 493. The van der Waals surface area contributed by atoms with Crippen LogP contribution in [0, 0.1) is 0 Å². The fourth-order valence-electron chi connectivity index (χ4n) is 3.48.